The Balaban J connectivity index is 1.36. The number of likely N-dealkylation sites (N-methyl/N-ethyl adjacent to an activating group) is 1. The summed E-state index contributed by atoms with van der Waals surface area (Å²) < 4.78 is 10.7. The largest absolute Gasteiger partial charge is 0.462 e. The topological polar surface area (TPSA) is 134 Å². The first kappa shape index (κ1) is 24.5. The fraction of sp³-hybridized carbons (Fsp3) is 0.360. The normalized spacial score (nSPS) is 14.5. The minimum atomic E-state index is -0.587. The second kappa shape index (κ2) is 11.3. The molecule has 2 N–H and O–H groups in total. The summed E-state index contributed by atoms with van der Waals surface area (Å²) in [6, 6.07) is 5.92. The number of hydrogen-bond donors (Lipinski definition) is 2. The molecule has 37 heavy (non-hydrogen) atoms. The van der Waals surface area contributed by atoms with Gasteiger partial charge >= 0.3 is 12.1 Å². The highest BCUT2D eigenvalue weighted by Gasteiger charge is 2.17. The fourth-order valence-corrected chi connectivity index (χ4v) is 4.09. The maximum absolute atomic E-state index is 11.9. The number of H-pyrrole nitrogens is 1. The van der Waals surface area contributed by atoms with Crippen LogP contribution in [0.1, 0.15) is 6.92 Å². The molecule has 0 spiro atoms. The van der Waals surface area contributed by atoms with Crippen LogP contribution in [0.25, 0.3) is 33.5 Å². The van der Waals surface area contributed by atoms with Crippen LogP contribution in [0.2, 0.25) is 0 Å². The number of nitrogens with zero attached hydrogens (tertiary/aromatic N) is 7. The zero-order valence-electron chi connectivity index (χ0n) is 20.8. The highest BCUT2D eigenvalue weighted by Crippen LogP contribution is 2.32. The summed E-state index contributed by atoms with van der Waals surface area (Å²) in [7, 11) is 2.14. The molecule has 1 aromatic carbocycles. The van der Waals surface area contributed by atoms with Gasteiger partial charge in [-0.15, -0.1) is 0 Å². The minimum Gasteiger partial charge on any atom is -0.462 e. The van der Waals surface area contributed by atoms with Crippen molar-refractivity contribution in [1.82, 2.24) is 39.7 Å². The van der Waals surface area contributed by atoms with Gasteiger partial charge in [0.05, 0.1) is 17.6 Å². The van der Waals surface area contributed by atoms with Crippen LogP contribution in [-0.2, 0) is 4.74 Å². The minimum absolute atomic E-state index is 0.259. The third kappa shape index (κ3) is 5.98. The molecule has 0 unspecified atom stereocenters. The highest BCUT2D eigenvalue weighted by molar-refractivity contribution is 5.96. The highest BCUT2D eigenvalue weighted by atomic mass is 16.5. The summed E-state index contributed by atoms with van der Waals surface area (Å²) in [6.07, 6.45) is 6.20. The molecule has 1 aliphatic rings. The number of benzene rings is 1. The van der Waals surface area contributed by atoms with E-state index in [2.05, 4.69) is 52.1 Å². The van der Waals surface area contributed by atoms with Crippen LogP contribution in [0.3, 0.4) is 0 Å². The molecule has 3 aromatic heterocycles. The summed E-state index contributed by atoms with van der Waals surface area (Å²) in [4.78, 5) is 41.8. The van der Waals surface area contributed by atoms with Gasteiger partial charge in [-0.1, -0.05) is 0 Å². The van der Waals surface area contributed by atoms with E-state index in [9.17, 15) is 4.79 Å². The van der Waals surface area contributed by atoms with Crippen molar-refractivity contribution >= 4 is 23.1 Å². The smallest absolute Gasteiger partial charge is 0.413 e. The number of aromatic nitrogens is 6. The van der Waals surface area contributed by atoms with Crippen molar-refractivity contribution in [1.29, 1.82) is 0 Å². The molecule has 0 saturated carbocycles. The maximum atomic E-state index is 11.9. The standard InChI is InChI=1S/C25H29N9O3/c1-3-36-25(35)32-23-30-20-14-17(13-19(21(20)31-23)22-26-5-4-6-27-22)18-15-28-24(29-16-18)37-12-11-34-9-7-33(2)8-10-34/h4-6,13-16H,3,7-12H2,1-2H3,(H2,30,31,32,35). The first-order chi connectivity index (χ1) is 18.1. The Morgan fingerprint density at radius 2 is 1.81 bits per heavy atom. The van der Waals surface area contributed by atoms with Crippen molar-refractivity contribution in [3.63, 3.8) is 0 Å². The average molecular weight is 504 g/mol. The predicted octanol–water partition coefficient (Wildman–Crippen LogP) is 2.67. The number of fused-ring (bicyclic) bond motifs is 1. The Bertz CT molecular complexity index is 1340. The van der Waals surface area contributed by atoms with E-state index in [-0.39, 0.29) is 12.6 Å². The molecule has 5 rings (SSSR count). The monoisotopic (exact) mass is 503 g/mol. The maximum Gasteiger partial charge on any atom is 0.413 e. The van der Waals surface area contributed by atoms with Crippen LogP contribution in [0.15, 0.2) is 43.0 Å². The van der Waals surface area contributed by atoms with E-state index < -0.39 is 6.09 Å². The van der Waals surface area contributed by atoms with E-state index in [0.29, 0.717) is 29.5 Å². The Morgan fingerprint density at radius 3 is 2.54 bits per heavy atom. The van der Waals surface area contributed by atoms with Gasteiger partial charge in [0.1, 0.15) is 6.61 Å². The zero-order valence-corrected chi connectivity index (χ0v) is 20.8. The Hall–Kier alpha value is -4.16. The Kier molecular flexibility index (Phi) is 7.47. The third-order valence-electron chi connectivity index (χ3n) is 6.09. The molecule has 0 radical (unpaired) electrons. The lowest BCUT2D eigenvalue weighted by Gasteiger charge is -2.31. The van der Waals surface area contributed by atoms with Gasteiger partial charge in [0.2, 0.25) is 5.95 Å². The van der Waals surface area contributed by atoms with Crippen molar-refractivity contribution in [3.05, 3.63) is 43.0 Å². The summed E-state index contributed by atoms with van der Waals surface area (Å²) >= 11 is 0. The molecule has 12 nitrogen and oxygen atoms in total. The number of aromatic amines is 1. The first-order valence-corrected chi connectivity index (χ1v) is 12.2. The van der Waals surface area contributed by atoms with Crippen LogP contribution in [0, 0.1) is 0 Å². The molecular formula is C25H29N9O3. The van der Waals surface area contributed by atoms with Crippen molar-refractivity contribution < 1.29 is 14.3 Å². The quantitative estimate of drug-likeness (QED) is 0.369. The number of carbonyl (C=O) groups is 1. The molecule has 4 aromatic rings. The average Bonchev–Trinajstić information content (AvgIpc) is 3.32. The first-order valence-electron chi connectivity index (χ1n) is 12.2. The molecule has 12 heteroatoms. The number of piperazine rings is 1. The number of carbonyl (C=O) groups excluding carboxylic acids is 1. The van der Waals surface area contributed by atoms with Crippen LogP contribution in [0.5, 0.6) is 6.01 Å². The second-order valence-electron chi connectivity index (χ2n) is 8.67. The number of anilines is 1. The second-order valence-corrected chi connectivity index (χ2v) is 8.67. The van der Waals surface area contributed by atoms with E-state index in [1.54, 1.807) is 37.8 Å². The predicted molar refractivity (Wildman–Crippen MR) is 138 cm³/mol. The zero-order chi connectivity index (χ0) is 25.6. The molecule has 0 aliphatic carbocycles. The number of rotatable bonds is 8. The third-order valence-corrected chi connectivity index (χ3v) is 6.09. The van der Waals surface area contributed by atoms with Crippen LogP contribution >= 0.6 is 0 Å². The summed E-state index contributed by atoms with van der Waals surface area (Å²) in [5.41, 5.74) is 3.65. The van der Waals surface area contributed by atoms with Gasteiger partial charge in [-0.25, -0.2) is 29.7 Å². The van der Waals surface area contributed by atoms with E-state index in [1.807, 2.05) is 12.1 Å². The Morgan fingerprint density at radius 1 is 1.05 bits per heavy atom. The van der Waals surface area contributed by atoms with Gasteiger partial charge in [0.15, 0.2) is 5.82 Å². The summed E-state index contributed by atoms with van der Waals surface area (Å²) in [5.74, 6) is 0.786. The number of nitrogens with one attached hydrogen (secondary N) is 2. The van der Waals surface area contributed by atoms with Gasteiger partial charge < -0.3 is 19.4 Å². The molecule has 0 atom stereocenters. The number of amides is 1. The van der Waals surface area contributed by atoms with E-state index in [0.717, 1.165) is 49.4 Å². The van der Waals surface area contributed by atoms with Crippen LogP contribution < -0.4 is 10.1 Å². The molecular weight excluding hydrogens is 474 g/mol. The van der Waals surface area contributed by atoms with Crippen molar-refractivity contribution in [2.75, 3.05) is 58.3 Å². The van der Waals surface area contributed by atoms with Gasteiger partial charge in [0, 0.05) is 68.6 Å². The van der Waals surface area contributed by atoms with Crippen molar-refractivity contribution in [3.8, 4) is 28.5 Å². The Labute approximate surface area is 214 Å². The molecule has 192 valence electrons. The summed E-state index contributed by atoms with van der Waals surface area (Å²) in [6.45, 7) is 7.60. The molecule has 1 fully saturated rings. The van der Waals surface area contributed by atoms with Gasteiger partial charge in [0.25, 0.3) is 0 Å². The van der Waals surface area contributed by atoms with Crippen molar-refractivity contribution in [2.24, 2.45) is 0 Å². The lowest BCUT2D eigenvalue weighted by atomic mass is 10.0. The van der Waals surface area contributed by atoms with Crippen LogP contribution in [-0.4, -0.2) is 98.8 Å². The molecule has 1 saturated heterocycles. The molecule has 1 aliphatic heterocycles. The number of hydrogen-bond acceptors (Lipinski definition) is 10. The van der Waals surface area contributed by atoms with Gasteiger partial charge in [-0.2, -0.15) is 0 Å². The van der Waals surface area contributed by atoms with Crippen molar-refractivity contribution in [2.45, 2.75) is 6.92 Å². The van der Waals surface area contributed by atoms with E-state index in [4.69, 9.17) is 9.47 Å². The van der Waals surface area contributed by atoms with E-state index in [1.165, 1.54) is 0 Å². The van der Waals surface area contributed by atoms with E-state index >= 15 is 0 Å². The van der Waals surface area contributed by atoms with Crippen LogP contribution in [0.4, 0.5) is 10.7 Å². The lowest BCUT2D eigenvalue weighted by Crippen LogP contribution is -2.45. The van der Waals surface area contributed by atoms with Gasteiger partial charge in [-0.05, 0) is 37.7 Å². The molecule has 1 amide bonds. The molecule has 4 heterocycles. The number of imidazole rings is 1. The lowest BCUT2D eigenvalue weighted by molar-refractivity contribution is 0.131. The number of ether oxygens (including phenoxy) is 2. The summed E-state index contributed by atoms with van der Waals surface area (Å²) in [5, 5.41) is 2.61. The molecule has 0 bridgehead atoms. The fourth-order valence-electron chi connectivity index (χ4n) is 4.09. The van der Waals surface area contributed by atoms with Gasteiger partial charge in [-0.3, -0.25) is 10.2 Å². The SMILES string of the molecule is CCOC(=O)Nc1nc2cc(-c3cnc(OCCN4CCN(C)CC4)nc3)cc(-c3ncccn3)c2[nH]1.